The Labute approximate surface area is 156 Å². The van der Waals surface area contributed by atoms with Crippen LogP contribution in [0.5, 0.6) is 0 Å². The average molecular weight is 364 g/mol. The first-order valence-electron chi connectivity index (χ1n) is 10.5. The Morgan fingerprint density at radius 3 is 2.15 bits per heavy atom. The van der Waals surface area contributed by atoms with Crippen molar-refractivity contribution < 1.29 is 14.3 Å². The molecule has 146 valence electrons. The Kier molecular flexibility index (Phi) is 5.50. The van der Waals surface area contributed by atoms with Gasteiger partial charge < -0.3 is 19.9 Å². The fourth-order valence-corrected chi connectivity index (χ4v) is 5.49. The normalized spacial score (nSPS) is 31.5. The van der Waals surface area contributed by atoms with E-state index in [1.54, 1.807) is 0 Å². The van der Waals surface area contributed by atoms with Gasteiger partial charge in [0, 0.05) is 32.6 Å². The van der Waals surface area contributed by atoms with Crippen LogP contribution in [0.2, 0.25) is 0 Å². The Morgan fingerprint density at radius 1 is 0.923 bits per heavy atom. The van der Waals surface area contributed by atoms with E-state index in [0.717, 1.165) is 76.5 Å². The first kappa shape index (κ1) is 18.2. The molecule has 1 N–H and O–H groups in total. The van der Waals surface area contributed by atoms with Gasteiger partial charge in [0.2, 0.25) is 11.8 Å². The van der Waals surface area contributed by atoms with Gasteiger partial charge in [-0.25, -0.2) is 0 Å². The lowest BCUT2D eigenvalue weighted by atomic mass is 9.80. The van der Waals surface area contributed by atoms with Crippen LogP contribution >= 0.6 is 0 Å². The van der Waals surface area contributed by atoms with Gasteiger partial charge in [-0.2, -0.15) is 0 Å². The summed E-state index contributed by atoms with van der Waals surface area (Å²) in [6.07, 6.45) is 6.53. The summed E-state index contributed by atoms with van der Waals surface area (Å²) in [4.78, 5) is 30.4. The van der Waals surface area contributed by atoms with Crippen molar-refractivity contribution >= 4 is 11.8 Å². The molecule has 6 heteroatoms. The van der Waals surface area contributed by atoms with E-state index in [9.17, 15) is 9.59 Å². The van der Waals surface area contributed by atoms with E-state index in [0.29, 0.717) is 32.7 Å². The van der Waals surface area contributed by atoms with Crippen molar-refractivity contribution in [1.29, 1.82) is 0 Å². The Balaban J connectivity index is 1.43. The molecule has 0 unspecified atom stereocenters. The maximum absolute atomic E-state index is 13.5. The molecule has 3 aliphatic heterocycles. The highest BCUT2D eigenvalue weighted by molar-refractivity contribution is 5.89. The van der Waals surface area contributed by atoms with Gasteiger partial charge in [0.25, 0.3) is 0 Å². The van der Waals surface area contributed by atoms with E-state index in [1.165, 1.54) is 0 Å². The number of carbonyl (C=O) groups excluding carboxylic acids is 2. The molecule has 0 aromatic rings. The minimum atomic E-state index is -0.437. The molecule has 0 radical (unpaired) electrons. The summed E-state index contributed by atoms with van der Waals surface area (Å²) in [7, 11) is 0. The van der Waals surface area contributed by atoms with Gasteiger partial charge in [0.1, 0.15) is 0 Å². The lowest BCUT2D eigenvalue weighted by molar-refractivity contribution is -0.149. The van der Waals surface area contributed by atoms with Gasteiger partial charge in [-0.15, -0.1) is 0 Å². The average Bonchev–Trinajstić information content (AvgIpc) is 3.28. The molecular weight excluding hydrogens is 330 g/mol. The lowest BCUT2D eigenvalue weighted by Crippen LogP contribution is -2.48. The van der Waals surface area contributed by atoms with E-state index in [-0.39, 0.29) is 11.8 Å². The second-order valence-corrected chi connectivity index (χ2v) is 8.71. The molecule has 3 saturated heterocycles. The summed E-state index contributed by atoms with van der Waals surface area (Å²) >= 11 is 0. The van der Waals surface area contributed by atoms with Crippen LogP contribution in [0, 0.1) is 17.3 Å². The number of nitrogens with zero attached hydrogens (tertiary/aromatic N) is 2. The Bertz CT molecular complexity index is 512. The summed E-state index contributed by atoms with van der Waals surface area (Å²) in [5, 5.41) is 3.50. The molecule has 1 aliphatic carbocycles. The third-order valence-corrected chi connectivity index (χ3v) is 7.17. The number of fused-ring (bicyclic) bond motifs is 1. The van der Waals surface area contributed by atoms with Crippen LogP contribution in [-0.2, 0) is 14.3 Å². The van der Waals surface area contributed by atoms with Crippen LogP contribution in [0.1, 0.15) is 44.9 Å². The van der Waals surface area contributed by atoms with E-state index in [2.05, 4.69) is 10.2 Å². The van der Waals surface area contributed by atoms with Crippen LogP contribution in [-0.4, -0.2) is 74.1 Å². The van der Waals surface area contributed by atoms with Gasteiger partial charge in [-0.3, -0.25) is 9.59 Å². The standard InChI is InChI=1S/C20H33N3O3/c24-18(22-9-11-26-12-10-22)13-20(5-1-2-6-20)19(25)23-7-3-16-14-21-15-17(16)4-8-23/h16-17,21H,1-15H2/t16-,17+. The topological polar surface area (TPSA) is 61.9 Å². The van der Waals surface area contributed by atoms with Crippen LogP contribution in [0.3, 0.4) is 0 Å². The molecular formula is C20H33N3O3. The maximum atomic E-state index is 13.5. The highest BCUT2D eigenvalue weighted by Crippen LogP contribution is 2.44. The van der Waals surface area contributed by atoms with Gasteiger partial charge in [-0.1, -0.05) is 12.8 Å². The van der Waals surface area contributed by atoms with Crippen molar-refractivity contribution in [3.05, 3.63) is 0 Å². The van der Waals surface area contributed by atoms with Crippen molar-refractivity contribution in [2.24, 2.45) is 17.3 Å². The lowest BCUT2D eigenvalue weighted by Gasteiger charge is -2.36. The number of hydrogen-bond acceptors (Lipinski definition) is 4. The molecule has 1 saturated carbocycles. The Morgan fingerprint density at radius 2 is 1.54 bits per heavy atom. The molecule has 3 heterocycles. The fraction of sp³-hybridized carbons (Fsp3) is 0.900. The molecule has 4 aliphatic rings. The number of rotatable bonds is 3. The predicted octanol–water partition coefficient (Wildman–Crippen LogP) is 1.25. The summed E-state index contributed by atoms with van der Waals surface area (Å²) in [5.74, 6) is 1.87. The van der Waals surface area contributed by atoms with Crippen molar-refractivity contribution in [1.82, 2.24) is 15.1 Å². The van der Waals surface area contributed by atoms with E-state index in [1.807, 2.05) is 4.90 Å². The van der Waals surface area contributed by atoms with Crippen LogP contribution in [0.15, 0.2) is 0 Å². The zero-order chi connectivity index (χ0) is 18.0. The third-order valence-electron chi connectivity index (χ3n) is 7.17. The molecule has 4 fully saturated rings. The highest BCUT2D eigenvalue weighted by Gasteiger charge is 2.46. The van der Waals surface area contributed by atoms with Gasteiger partial charge >= 0.3 is 0 Å². The first-order chi connectivity index (χ1) is 12.7. The molecule has 2 atom stereocenters. The molecule has 6 nitrogen and oxygen atoms in total. The number of amides is 2. The molecule has 0 spiro atoms. The molecule has 2 amide bonds. The smallest absolute Gasteiger partial charge is 0.229 e. The minimum absolute atomic E-state index is 0.152. The second-order valence-electron chi connectivity index (χ2n) is 8.71. The zero-order valence-electron chi connectivity index (χ0n) is 15.9. The minimum Gasteiger partial charge on any atom is -0.378 e. The number of nitrogens with one attached hydrogen (secondary N) is 1. The monoisotopic (exact) mass is 363 g/mol. The number of carbonyl (C=O) groups is 2. The number of morpholine rings is 1. The van der Waals surface area contributed by atoms with Crippen molar-refractivity contribution in [3.63, 3.8) is 0 Å². The van der Waals surface area contributed by atoms with Gasteiger partial charge in [0.05, 0.1) is 18.6 Å². The molecule has 0 aromatic heterocycles. The van der Waals surface area contributed by atoms with E-state index in [4.69, 9.17) is 4.74 Å². The number of likely N-dealkylation sites (tertiary alicyclic amines) is 1. The van der Waals surface area contributed by atoms with E-state index >= 15 is 0 Å². The summed E-state index contributed by atoms with van der Waals surface area (Å²) in [6, 6.07) is 0. The summed E-state index contributed by atoms with van der Waals surface area (Å²) in [6.45, 7) is 6.53. The SMILES string of the molecule is O=C(CC1(C(=O)N2CC[C@@H]3CNC[C@@H]3CC2)CCCC1)N1CCOCC1. The summed E-state index contributed by atoms with van der Waals surface area (Å²) < 4.78 is 5.36. The number of hydrogen-bond donors (Lipinski definition) is 1. The Hall–Kier alpha value is -1.14. The van der Waals surface area contributed by atoms with Gasteiger partial charge in [0.15, 0.2) is 0 Å². The predicted molar refractivity (Wildman–Crippen MR) is 98.6 cm³/mol. The van der Waals surface area contributed by atoms with Crippen LogP contribution in [0.25, 0.3) is 0 Å². The zero-order valence-corrected chi connectivity index (χ0v) is 15.9. The largest absolute Gasteiger partial charge is 0.378 e. The molecule has 26 heavy (non-hydrogen) atoms. The molecule has 0 bridgehead atoms. The summed E-state index contributed by atoms with van der Waals surface area (Å²) in [5.41, 5.74) is -0.437. The fourth-order valence-electron chi connectivity index (χ4n) is 5.49. The van der Waals surface area contributed by atoms with Crippen LogP contribution in [0.4, 0.5) is 0 Å². The van der Waals surface area contributed by atoms with E-state index < -0.39 is 5.41 Å². The first-order valence-corrected chi connectivity index (χ1v) is 10.5. The van der Waals surface area contributed by atoms with Crippen LogP contribution < -0.4 is 5.32 Å². The van der Waals surface area contributed by atoms with Gasteiger partial charge in [-0.05, 0) is 50.6 Å². The quantitative estimate of drug-likeness (QED) is 0.820. The van der Waals surface area contributed by atoms with Crippen molar-refractivity contribution in [3.8, 4) is 0 Å². The number of ether oxygens (including phenoxy) is 1. The molecule has 4 rings (SSSR count). The maximum Gasteiger partial charge on any atom is 0.229 e. The highest BCUT2D eigenvalue weighted by atomic mass is 16.5. The second kappa shape index (κ2) is 7.85. The molecule has 0 aromatic carbocycles. The van der Waals surface area contributed by atoms with Crippen molar-refractivity contribution in [2.45, 2.75) is 44.9 Å². The van der Waals surface area contributed by atoms with Crippen molar-refractivity contribution in [2.75, 3.05) is 52.5 Å². The third kappa shape index (κ3) is 3.63.